The minimum Gasteiger partial charge on any atom is -0.450 e. The lowest BCUT2D eigenvalue weighted by atomic mass is 10.0. The second kappa shape index (κ2) is 10.5. The summed E-state index contributed by atoms with van der Waals surface area (Å²) in [5, 5.41) is 13.4. The molecule has 1 saturated heterocycles. The van der Waals surface area contributed by atoms with Gasteiger partial charge in [0.15, 0.2) is 23.3 Å². The Hall–Kier alpha value is -2.37. The lowest BCUT2D eigenvalue weighted by Crippen LogP contribution is -2.34. The fraction of sp³-hybridized carbons (Fsp3) is 0.522. The van der Waals surface area contributed by atoms with Crippen molar-refractivity contribution in [3.05, 3.63) is 40.4 Å². The van der Waals surface area contributed by atoms with Gasteiger partial charge >= 0.3 is 5.69 Å². The van der Waals surface area contributed by atoms with Crippen LogP contribution >= 0.6 is 22.5 Å². The van der Waals surface area contributed by atoms with Crippen molar-refractivity contribution in [1.82, 2.24) is 19.8 Å². The number of guanidine groups is 1. The van der Waals surface area contributed by atoms with Crippen LogP contribution in [-0.2, 0) is 4.75 Å². The zero-order chi connectivity index (χ0) is 24.3. The summed E-state index contributed by atoms with van der Waals surface area (Å²) in [4.78, 5) is 19.7. The molecule has 1 unspecified atom stereocenters. The first-order chi connectivity index (χ1) is 16.3. The summed E-state index contributed by atoms with van der Waals surface area (Å²) in [5.74, 6) is 1.75. The van der Waals surface area contributed by atoms with E-state index in [0.717, 1.165) is 62.3 Å². The molecule has 34 heavy (non-hydrogen) atoms. The quantitative estimate of drug-likeness (QED) is 0.109. The highest BCUT2D eigenvalue weighted by Gasteiger charge is 2.26. The highest BCUT2D eigenvalue weighted by Crippen LogP contribution is 2.45. The van der Waals surface area contributed by atoms with E-state index in [4.69, 9.17) is 15.9 Å². The first kappa shape index (κ1) is 24.7. The summed E-state index contributed by atoms with van der Waals surface area (Å²) in [6.45, 7) is 7.77. The van der Waals surface area contributed by atoms with Crippen LogP contribution in [0.2, 0.25) is 0 Å². The normalized spacial score (nSPS) is 18.1. The third-order valence-corrected chi connectivity index (χ3v) is 8.51. The zero-order valence-corrected chi connectivity index (χ0v) is 21.3. The number of anilines is 2. The zero-order valence-electron chi connectivity index (χ0n) is 19.6. The van der Waals surface area contributed by atoms with E-state index in [2.05, 4.69) is 46.0 Å². The van der Waals surface area contributed by atoms with E-state index >= 15 is 0 Å². The standard InChI is InChI=1S/C23H33N7O2S2/c1-23(2,34-33)15-6-7-18-17(13-15)27-20-19(32-18)14-30(22(31)28-20)16-5-3-10-29(12-8-16)11-4-9-26-21(24)25/h6-7,13-14,16,33H,3-5,8-12H2,1-2H3,(H4,24,25,26)(H,27,28,31). The van der Waals surface area contributed by atoms with Crippen LogP contribution in [0.3, 0.4) is 0 Å². The molecule has 2 aliphatic rings. The highest BCUT2D eigenvalue weighted by atomic mass is 33.1. The molecule has 2 aromatic rings. The molecule has 1 fully saturated rings. The van der Waals surface area contributed by atoms with Crippen LogP contribution in [-0.4, -0.2) is 46.6 Å². The summed E-state index contributed by atoms with van der Waals surface area (Å²) in [7, 11) is 1.48. The molecule has 3 heterocycles. The Morgan fingerprint density at radius 3 is 2.97 bits per heavy atom. The Kier molecular flexibility index (Phi) is 7.63. The van der Waals surface area contributed by atoms with Crippen molar-refractivity contribution in [2.24, 2.45) is 5.73 Å². The van der Waals surface area contributed by atoms with Gasteiger partial charge in [0.05, 0.1) is 11.9 Å². The molecule has 5 N–H and O–H groups in total. The van der Waals surface area contributed by atoms with Gasteiger partial charge in [0.2, 0.25) is 0 Å². The highest BCUT2D eigenvalue weighted by molar-refractivity contribution is 8.69. The molecule has 0 radical (unpaired) electrons. The number of likely N-dealkylation sites (tertiary alicyclic amines) is 1. The number of benzene rings is 1. The van der Waals surface area contributed by atoms with Crippen molar-refractivity contribution in [3.63, 3.8) is 0 Å². The molecule has 11 heteroatoms. The Morgan fingerprint density at radius 1 is 1.38 bits per heavy atom. The van der Waals surface area contributed by atoms with Crippen molar-refractivity contribution < 1.29 is 4.74 Å². The fourth-order valence-corrected chi connectivity index (χ4v) is 4.98. The molecule has 0 amide bonds. The summed E-state index contributed by atoms with van der Waals surface area (Å²) in [6, 6.07) is 6.11. The predicted molar refractivity (Wildman–Crippen MR) is 142 cm³/mol. The van der Waals surface area contributed by atoms with Gasteiger partial charge in [-0.15, -0.1) is 11.7 Å². The van der Waals surface area contributed by atoms with Crippen molar-refractivity contribution in [3.8, 4) is 11.5 Å². The van der Waals surface area contributed by atoms with E-state index < -0.39 is 0 Å². The maximum atomic E-state index is 12.9. The van der Waals surface area contributed by atoms with Gasteiger partial charge < -0.3 is 26.0 Å². The average Bonchev–Trinajstić information content (AvgIpc) is 3.05. The van der Waals surface area contributed by atoms with E-state index in [9.17, 15) is 4.79 Å². The van der Waals surface area contributed by atoms with Crippen molar-refractivity contribution in [1.29, 1.82) is 5.41 Å². The molecular weight excluding hydrogens is 470 g/mol. The lowest BCUT2D eigenvalue weighted by molar-refractivity contribution is 0.276. The topological polar surface area (TPSA) is 121 Å². The van der Waals surface area contributed by atoms with Crippen LogP contribution in [0.1, 0.15) is 51.1 Å². The molecule has 9 nitrogen and oxygen atoms in total. The third-order valence-electron chi connectivity index (χ3n) is 6.44. The molecule has 1 atom stereocenters. The van der Waals surface area contributed by atoms with E-state index in [-0.39, 0.29) is 22.4 Å². The van der Waals surface area contributed by atoms with Crippen molar-refractivity contribution in [2.45, 2.75) is 50.3 Å². The Balaban J connectivity index is 1.45. The molecule has 2 aliphatic heterocycles. The molecule has 184 valence electrons. The Morgan fingerprint density at radius 2 is 2.21 bits per heavy atom. The molecule has 1 aromatic carbocycles. The molecule has 0 aliphatic carbocycles. The first-order valence-electron chi connectivity index (χ1n) is 11.6. The average molecular weight is 504 g/mol. The maximum Gasteiger partial charge on any atom is 0.350 e. The van der Waals surface area contributed by atoms with Crippen LogP contribution < -0.4 is 26.8 Å². The minimum absolute atomic E-state index is 0.00971. The van der Waals surface area contributed by atoms with Crippen molar-refractivity contribution >= 4 is 39.9 Å². The number of nitrogens with two attached hydrogens (primary N) is 1. The largest absolute Gasteiger partial charge is 0.450 e. The van der Waals surface area contributed by atoms with Gasteiger partial charge in [-0.25, -0.2) is 4.79 Å². The van der Waals surface area contributed by atoms with Crippen LogP contribution in [0, 0.1) is 5.41 Å². The Labute approximate surface area is 209 Å². The van der Waals surface area contributed by atoms with Crippen LogP contribution in [0.15, 0.2) is 29.2 Å². The summed E-state index contributed by atoms with van der Waals surface area (Å²) in [6.07, 6.45) is 5.54. The van der Waals surface area contributed by atoms with Gasteiger partial charge in [-0.05, 0) is 70.3 Å². The summed E-state index contributed by atoms with van der Waals surface area (Å²) < 4.78 is 7.73. The molecule has 0 spiro atoms. The number of ether oxygens (including phenoxy) is 1. The number of hydrogen-bond acceptors (Lipinski definition) is 8. The molecule has 1 aromatic heterocycles. The number of nitrogens with zero attached hydrogens (tertiary/aromatic N) is 3. The second-order valence-corrected chi connectivity index (χ2v) is 11.1. The smallest absolute Gasteiger partial charge is 0.350 e. The van der Waals surface area contributed by atoms with Gasteiger partial charge in [-0.1, -0.05) is 16.9 Å². The van der Waals surface area contributed by atoms with Gasteiger partial charge in [0.1, 0.15) is 0 Å². The maximum absolute atomic E-state index is 12.9. The molecule has 4 rings (SSSR count). The van der Waals surface area contributed by atoms with Crippen LogP contribution in [0.25, 0.3) is 0 Å². The SMILES string of the molecule is CC(C)(SS)c1ccc2c(c1)Nc1nc(=O)n(C3CCCN(CCCNC(=N)N)CC3)cc1O2. The van der Waals surface area contributed by atoms with E-state index in [1.54, 1.807) is 10.8 Å². The van der Waals surface area contributed by atoms with Crippen molar-refractivity contribution in [2.75, 3.05) is 31.5 Å². The second-order valence-electron chi connectivity index (χ2n) is 9.30. The number of nitrogens with one attached hydrogen (secondary N) is 3. The summed E-state index contributed by atoms with van der Waals surface area (Å²) >= 11 is 4.39. The van der Waals surface area contributed by atoms with E-state index in [1.807, 2.05) is 18.2 Å². The first-order valence-corrected chi connectivity index (χ1v) is 13.5. The Bertz CT molecular complexity index is 1110. The number of fused-ring (bicyclic) bond motifs is 2. The van der Waals surface area contributed by atoms with Crippen LogP contribution in [0.4, 0.5) is 11.5 Å². The number of hydrogen-bond donors (Lipinski definition) is 5. The van der Waals surface area contributed by atoms with E-state index in [1.165, 1.54) is 10.8 Å². The number of thiol groups is 1. The van der Waals surface area contributed by atoms with Gasteiger partial charge in [0, 0.05) is 23.9 Å². The number of rotatable bonds is 7. The minimum atomic E-state index is -0.259. The predicted octanol–water partition coefficient (Wildman–Crippen LogP) is 3.81. The number of aromatic nitrogens is 2. The third kappa shape index (κ3) is 5.64. The fourth-order valence-electron chi connectivity index (χ4n) is 4.43. The molecule has 0 saturated carbocycles. The van der Waals surface area contributed by atoms with E-state index in [0.29, 0.717) is 18.1 Å². The van der Waals surface area contributed by atoms with Gasteiger partial charge in [-0.3, -0.25) is 9.98 Å². The molecular formula is C23H33N7O2S2. The van der Waals surface area contributed by atoms with Crippen LogP contribution in [0.5, 0.6) is 11.5 Å². The molecule has 0 bridgehead atoms. The monoisotopic (exact) mass is 503 g/mol. The summed E-state index contributed by atoms with van der Waals surface area (Å²) in [5.41, 5.74) is 6.99. The lowest BCUT2D eigenvalue weighted by Gasteiger charge is -2.27. The van der Waals surface area contributed by atoms with Gasteiger partial charge in [0.25, 0.3) is 0 Å². The van der Waals surface area contributed by atoms with Gasteiger partial charge in [-0.2, -0.15) is 4.98 Å².